The number of rotatable bonds is 8. The number of fused-ring (bicyclic) bond motifs is 3. The van der Waals surface area contributed by atoms with Crippen LogP contribution in [0.1, 0.15) is 18.4 Å². The van der Waals surface area contributed by atoms with Crippen molar-refractivity contribution in [3.05, 3.63) is 65.9 Å². The lowest BCUT2D eigenvalue weighted by Crippen LogP contribution is -2.45. The minimum absolute atomic E-state index is 0.0281. The highest BCUT2D eigenvalue weighted by Gasteiger charge is 2.59. The summed E-state index contributed by atoms with van der Waals surface area (Å²) < 4.78 is 130. The second-order valence-corrected chi connectivity index (χ2v) is 17.5. The summed E-state index contributed by atoms with van der Waals surface area (Å²) in [6.45, 7) is 0.951. The van der Waals surface area contributed by atoms with Crippen LogP contribution in [0.25, 0.3) is 21.8 Å². The molecule has 4 aliphatic rings. The Bertz CT molecular complexity index is 2200. The first-order valence-electron chi connectivity index (χ1n) is 15.5. The fourth-order valence-corrected chi connectivity index (χ4v) is 11.9. The molecule has 2 bridgehead atoms. The van der Waals surface area contributed by atoms with Gasteiger partial charge in [0.15, 0.2) is 20.8 Å². The van der Waals surface area contributed by atoms with Crippen LogP contribution in [0.5, 0.6) is 0 Å². The number of alkyl halides is 3. The van der Waals surface area contributed by atoms with Crippen LogP contribution < -0.4 is 14.9 Å². The Kier molecular flexibility index (Phi) is 7.85. The van der Waals surface area contributed by atoms with Crippen molar-refractivity contribution >= 4 is 48.0 Å². The van der Waals surface area contributed by atoms with Crippen LogP contribution in [0.4, 0.5) is 38.7 Å². The third kappa shape index (κ3) is 5.86. The summed E-state index contributed by atoms with van der Waals surface area (Å²) >= 11 is 1.23. The molecule has 19 heteroatoms. The first-order chi connectivity index (χ1) is 23.7. The zero-order valence-electron chi connectivity index (χ0n) is 25.7. The van der Waals surface area contributed by atoms with Crippen LogP contribution in [0.15, 0.2) is 53.6 Å². The maximum Gasteiger partial charge on any atom is 0.417 e. The molecule has 1 saturated carbocycles. The Hall–Kier alpha value is -3.94. The number of thiazole rings is 1. The number of hydrogen-bond donors (Lipinski definition) is 2. The molecular formula is C31H27F5N6O5S3. The van der Waals surface area contributed by atoms with Gasteiger partial charge in [0, 0.05) is 17.8 Å². The van der Waals surface area contributed by atoms with Crippen molar-refractivity contribution in [1.82, 2.24) is 15.0 Å². The second kappa shape index (κ2) is 11.8. The summed E-state index contributed by atoms with van der Waals surface area (Å²) in [4.78, 5) is 14.6. The summed E-state index contributed by atoms with van der Waals surface area (Å²) in [5.41, 5.74) is -2.19. The van der Waals surface area contributed by atoms with Gasteiger partial charge in [0.05, 0.1) is 64.3 Å². The molecule has 3 saturated heterocycles. The highest BCUT2D eigenvalue weighted by molar-refractivity contribution is 7.92. The largest absolute Gasteiger partial charge is 0.417 e. The lowest BCUT2D eigenvalue weighted by Gasteiger charge is -2.34. The molecule has 3 aliphatic heterocycles. The zero-order valence-corrected chi connectivity index (χ0v) is 28.1. The van der Waals surface area contributed by atoms with E-state index < -0.39 is 53.8 Å². The first kappa shape index (κ1) is 33.2. The molecule has 2 unspecified atom stereocenters. The van der Waals surface area contributed by atoms with Crippen LogP contribution >= 0.6 is 11.3 Å². The molecule has 1 aliphatic carbocycles. The molecule has 0 spiro atoms. The Balaban J connectivity index is 1.18. The van der Waals surface area contributed by atoms with E-state index in [1.807, 2.05) is 4.72 Å². The highest BCUT2D eigenvalue weighted by Crippen LogP contribution is 2.49. The lowest BCUT2D eigenvalue weighted by molar-refractivity contribution is -0.140. The van der Waals surface area contributed by atoms with Crippen LogP contribution in [0.3, 0.4) is 0 Å². The predicted molar refractivity (Wildman–Crippen MR) is 174 cm³/mol. The number of sulfone groups is 1. The molecule has 5 heterocycles. The minimum Gasteiger partial charge on any atom is -0.377 e. The molecule has 50 heavy (non-hydrogen) atoms. The first-order valence-corrected chi connectivity index (χ1v) is 19.7. The highest BCUT2D eigenvalue weighted by atomic mass is 32.2. The number of aromatic nitrogens is 3. The zero-order chi connectivity index (χ0) is 35.2. The SMILES string of the molecule is O=S1(=O)C[C@@H]2[C@H](C1)[C@H]2Nc1nccc(-c2sc(N3C4CCC3COC4)nc2-c2cccc(NS(=O)(=O)c3c(F)cccc3C(F)(F)F)c2F)n1. The van der Waals surface area contributed by atoms with E-state index in [-0.39, 0.29) is 58.7 Å². The van der Waals surface area contributed by atoms with E-state index in [4.69, 9.17) is 9.72 Å². The van der Waals surface area contributed by atoms with Crippen LogP contribution in [0.2, 0.25) is 0 Å². The minimum atomic E-state index is -5.28. The van der Waals surface area contributed by atoms with Gasteiger partial charge in [0.25, 0.3) is 10.0 Å². The molecule has 0 radical (unpaired) electrons. The Morgan fingerprint density at radius 1 is 0.960 bits per heavy atom. The standard InChI is InChI=1S/C31H27F5N6O5S3/c32-21-5-2-4-20(31(34,35)36)28(21)50(45,46)41-22-6-1-3-17(24(22)33)26-27(48-30(40-26)42-15-7-8-16(42)12-47-11-15)23-9-10-37-29(38-23)39-25-18-13-49(43,44)14-19(18)25/h1-6,9-10,15-16,18-19,25,41H,7-8,11-14H2,(H,37,38,39)/t15?,16?,18-,19+,25+. The molecule has 0 amide bonds. The maximum atomic E-state index is 16.4. The van der Waals surface area contributed by atoms with Crippen molar-refractivity contribution in [2.24, 2.45) is 11.8 Å². The summed E-state index contributed by atoms with van der Waals surface area (Å²) in [5, 5.41) is 3.76. The van der Waals surface area contributed by atoms with Gasteiger partial charge in [-0.25, -0.2) is 40.6 Å². The van der Waals surface area contributed by atoms with Crippen molar-refractivity contribution in [2.75, 3.05) is 39.7 Å². The Morgan fingerprint density at radius 2 is 1.66 bits per heavy atom. The average molecular weight is 755 g/mol. The molecule has 4 fully saturated rings. The lowest BCUT2D eigenvalue weighted by atomic mass is 10.1. The molecule has 11 nitrogen and oxygen atoms in total. The van der Waals surface area contributed by atoms with E-state index in [0.717, 1.165) is 25.0 Å². The summed E-state index contributed by atoms with van der Waals surface area (Å²) in [6, 6.07) is 6.93. The second-order valence-electron chi connectivity index (χ2n) is 12.7. The molecule has 4 aromatic rings. The number of nitrogens with one attached hydrogen (secondary N) is 2. The quantitative estimate of drug-likeness (QED) is 0.231. The summed E-state index contributed by atoms with van der Waals surface area (Å²) in [6.07, 6.45) is -2.00. The van der Waals surface area contributed by atoms with Gasteiger partial charge in [0.1, 0.15) is 10.7 Å². The van der Waals surface area contributed by atoms with Crippen molar-refractivity contribution in [3.63, 3.8) is 0 Å². The average Bonchev–Trinajstić information content (AvgIpc) is 3.34. The van der Waals surface area contributed by atoms with Crippen molar-refractivity contribution in [3.8, 4) is 21.8 Å². The molecule has 2 N–H and O–H groups in total. The van der Waals surface area contributed by atoms with E-state index in [2.05, 4.69) is 20.2 Å². The van der Waals surface area contributed by atoms with Crippen molar-refractivity contribution in [2.45, 2.75) is 42.0 Å². The maximum absolute atomic E-state index is 16.4. The normalized spacial score (nSPS) is 25.4. The summed E-state index contributed by atoms with van der Waals surface area (Å²) in [5.74, 6) is -2.46. The van der Waals surface area contributed by atoms with Crippen LogP contribution in [-0.2, 0) is 30.8 Å². The van der Waals surface area contributed by atoms with Gasteiger partial charge in [-0.3, -0.25) is 4.72 Å². The predicted octanol–water partition coefficient (Wildman–Crippen LogP) is 5.19. The Morgan fingerprint density at radius 3 is 2.36 bits per heavy atom. The van der Waals surface area contributed by atoms with E-state index in [9.17, 15) is 34.4 Å². The molecule has 5 atom stereocenters. The van der Waals surface area contributed by atoms with E-state index in [1.165, 1.54) is 29.7 Å². The third-order valence-electron chi connectivity index (χ3n) is 9.52. The van der Waals surface area contributed by atoms with Crippen molar-refractivity contribution < 1.29 is 43.5 Å². The molecular weight excluding hydrogens is 728 g/mol. The smallest absolute Gasteiger partial charge is 0.377 e. The van der Waals surface area contributed by atoms with Crippen molar-refractivity contribution in [1.29, 1.82) is 0 Å². The number of benzene rings is 2. The molecule has 2 aromatic carbocycles. The third-order valence-corrected chi connectivity index (χ3v) is 13.8. The van der Waals surface area contributed by atoms with Gasteiger partial charge < -0.3 is 15.0 Å². The number of halogens is 5. The fourth-order valence-electron chi connectivity index (χ4n) is 7.18. The number of sulfonamides is 1. The van der Waals surface area contributed by atoms with Gasteiger partial charge in [-0.05, 0) is 55.0 Å². The van der Waals surface area contributed by atoms with E-state index in [1.54, 1.807) is 6.07 Å². The van der Waals surface area contributed by atoms with Gasteiger partial charge in [0.2, 0.25) is 5.95 Å². The number of nitrogens with zero attached hydrogens (tertiary/aromatic N) is 4. The van der Waals surface area contributed by atoms with Gasteiger partial charge >= 0.3 is 6.18 Å². The Labute approximate surface area is 286 Å². The molecule has 2 aromatic heterocycles. The monoisotopic (exact) mass is 754 g/mol. The van der Waals surface area contributed by atoms with E-state index in [0.29, 0.717) is 41.0 Å². The number of morpholine rings is 1. The number of anilines is 3. The van der Waals surface area contributed by atoms with Gasteiger partial charge in [-0.1, -0.05) is 23.5 Å². The molecule has 8 rings (SSSR count). The number of hydrogen-bond acceptors (Lipinski definition) is 11. The molecule has 264 valence electrons. The van der Waals surface area contributed by atoms with Gasteiger partial charge in [-0.15, -0.1) is 0 Å². The van der Waals surface area contributed by atoms with E-state index >= 15 is 4.39 Å². The van der Waals surface area contributed by atoms with Crippen LogP contribution in [-0.4, -0.2) is 74.6 Å². The number of ether oxygens (including phenoxy) is 1. The summed E-state index contributed by atoms with van der Waals surface area (Å²) in [7, 11) is -8.34. The van der Waals surface area contributed by atoms with Gasteiger partial charge in [-0.2, -0.15) is 13.2 Å². The fraction of sp³-hybridized carbons (Fsp3) is 0.387. The topological polar surface area (TPSA) is 143 Å². The van der Waals surface area contributed by atoms with Crippen LogP contribution in [0, 0.1) is 23.5 Å².